The summed E-state index contributed by atoms with van der Waals surface area (Å²) >= 11 is 0. The van der Waals surface area contributed by atoms with Crippen molar-refractivity contribution in [2.75, 3.05) is 0 Å². The summed E-state index contributed by atoms with van der Waals surface area (Å²) in [5.74, 6) is 0. The molecule has 3 rings (SSSR count). The summed E-state index contributed by atoms with van der Waals surface area (Å²) in [6.45, 7) is 0. The molecule has 0 fully saturated rings. The van der Waals surface area contributed by atoms with E-state index in [1.165, 1.54) is 5.56 Å². The largest absolute Gasteiger partial charge is 0.246 e. The van der Waals surface area contributed by atoms with Crippen LogP contribution in [0.15, 0.2) is 54.6 Å². The van der Waals surface area contributed by atoms with Crippen molar-refractivity contribution in [2.45, 2.75) is 0 Å². The predicted octanol–water partition coefficient (Wildman–Crippen LogP) is 3.50. The molecular formula is C15H9N. The molecule has 0 unspecified atom stereocenters. The average Bonchev–Trinajstić information content (AvgIpc) is 2.39. The van der Waals surface area contributed by atoms with Gasteiger partial charge in [0.15, 0.2) is 0 Å². The number of hydrogen-bond donors (Lipinski definition) is 0. The lowest BCUT2D eigenvalue weighted by Crippen LogP contribution is -1.83. The second-order valence-electron chi connectivity index (χ2n) is 3.61. The summed E-state index contributed by atoms with van der Waals surface area (Å²) in [6.07, 6.45) is 2.94. The third-order valence-corrected chi connectivity index (χ3v) is 2.61. The van der Waals surface area contributed by atoms with Gasteiger partial charge in [0.2, 0.25) is 0 Å². The highest BCUT2D eigenvalue weighted by Crippen LogP contribution is 2.26. The maximum absolute atomic E-state index is 4.22. The van der Waals surface area contributed by atoms with Gasteiger partial charge in [-0.05, 0) is 35.4 Å². The Hall–Kier alpha value is -2.15. The number of hydrogen-bond acceptors (Lipinski definition) is 1. The van der Waals surface area contributed by atoms with E-state index in [-0.39, 0.29) is 0 Å². The Labute approximate surface area is 94.4 Å². The van der Waals surface area contributed by atoms with Crippen LogP contribution in [0.3, 0.4) is 0 Å². The van der Waals surface area contributed by atoms with Crippen molar-refractivity contribution in [1.82, 2.24) is 4.98 Å². The zero-order chi connectivity index (χ0) is 10.8. The molecule has 0 bridgehead atoms. The van der Waals surface area contributed by atoms with Crippen LogP contribution < -0.4 is 0 Å². The monoisotopic (exact) mass is 203 g/mol. The lowest BCUT2D eigenvalue weighted by Gasteiger charge is -2.04. The second-order valence-corrected chi connectivity index (χ2v) is 3.61. The van der Waals surface area contributed by atoms with Gasteiger partial charge in [-0.15, -0.1) is 0 Å². The predicted molar refractivity (Wildman–Crippen MR) is 64.9 cm³/mol. The SMILES string of the molecule is [c]1ccc2n[c]cc(-c3ccccc3)c2c1. The summed E-state index contributed by atoms with van der Waals surface area (Å²) in [6, 6.07) is 21.1. The van der Waals surface area contributed by atoms with Gasteiger partial charge in [0, 0.05) is 5.39 Å². The highest BCUT2D eigenvalue weighted by Gasteiger charge is 2.02. The minimum Gasteiger partial charge on any atom is -0.246 e. The summed E-state index contributed by atoms with van der Waals surface area (Å²) in [4.78, 5) is 4.22. The van der Waals surface area contributed by atoms with Crippen molar-refractivity contribution >= 4 is 10.9 Å². The lowest BCUT2D eigenvalue weighted by atomic mass is 10.0. The van der Waals surface area contributed by atoms with E-state index in [0.717, 1.165) is 16.5 Å². The molecule has 2 radical (unpaired) electrons. The Balaban J connectivity index is 2.32. The fourth-order valence-corrected chi connectivity index (χ4v) is 1.84. The van der Waals surface area contributed by atoms with Gasteiger partial charge in [-0.25, -0.2) is 4.98 Å². The maximum atomic E-state index is 4.22. The second kappa shape index (κ2) is 3.78. The van der Waals surface area contributed by atoms with E-state index in [0.29, 0.717) is 0 Å². The molecule has 2 aromatic carbocycles. The number of rotatable bonds is 1. The van der Waals surface area contributed by atoms with Crippen molar-refractivity contribution in [3.8, 4) is 11.1 Å². The molecule has 0 aliphatic rings. The van der Waals surface area contributed by atoms with Crippen LogP contribution in [0.25, 0.3) is 22.0 Å². The van der Waals surface area contributed by atoms with Crippen molar-refractivity contribution < 1.29 is 0 Å². The van der Waals surface area contributed by atoms with Crippen molar-refractivity contribution in [3.05, 3.63) is 66.9 Å². The Morgan fingerprint density at radius 2 is 1.81 bits per heavy atom. The van der Waals surface area contributed by atoms with Crippen LogP contribution >= 0.6 is 0 Å². The Kier molecular flexibility index (Phi) is 2.15. The van der Waals surface area contributed by atoms with Crippen molar-refractivity contribution in [3.63, 3.8) is 0 Å². The van der Waals surface area contributed by atoms with Gasteiger partial charge < -0.3 is 0 Å². The fourth-order valence-electron chi connectivity index (χ4n) is 1.84. The number of pyridine rings is 1. The van der Waals surface area contributed by atoms with E-state index in [1.807, 2.05) is 42.5 Å². The van der Waals surface area contributed by atoms with Crippen LogP contribution in [0, 0.1) is 12.3 Å². The summed E-state index contributed by atoms with van der Waals surface area (Å²) in [5.41, 5.74) is 3.30. The molecule has 1 nitrogen and oxygen atoms in total. The zero-order valence-corrected chi connectivity index (χ0v) is 8.64. The number of nitrogens with zero attached hydrogens (tertiary/aromatic N) is 1. The van der Waals surface area contributed by atoms with Crippen LogP contribution in [0.4, 0.5) is 0 Å². The zero-order valence-electron chi connectivity index (χ0n) is 8.64. The smallest absolute Gasteiger partial charge is 0.0900 e. The third kappa shape index (κ3) is 1.47. The number of aromatic nitrogens is 1. The van der Waals surface area contributed by atoms with E-state index < -0.39 is 0 Å². The number of fused-ring (bicyclic) bond motifs is 1. The van der Waals surface area contributed by atoms with Gasteiger partial charge in [0.25, 0.3) is 0 Å². The molecule has 0 N–H and O–H groups in total. The van der Waals surface area contributed by atoms with Gasteiger partial charge in [0.05, 0.1) is 11.7 Å². The molecule has 0 amide bonds. The highest BCUT2D eigenvalue weighted by atomic mass is 14.6. The van der Waals surface area contributed by atoms with Gasteiger partial charge in [0.1, 0.15) is 0 Å². The van der Waals surface area contributed by atoms with E-state index in [9.17, 15) is 0 Å². The molecule has 3 aromatic rings. The highest BCUT2D eigenvalue weighted by molar-refractivity contribution is 5.93. The normalized spacial score (nSPS) is 10.5. The lowest BCUT2D eigenvalue weighted by molar-refractivity contribution is 1.39. The summed E-state index contributed by atoms with van der Waals surface area (Å²) < 4.78 is 0. The molecule has 1 heteroatoms. The van der Waals surface area contributed by atoms with Crippen molar-refractivity contribution in [2.24, 2.45) is 0 Å². The van der Waals surface area contributed by atoms with Crippen LogP contribution in [0.2, 0.25) is 0 Å². The quantitative estimate of drug-likeness (QED) is 0.589. The Morgan fingerprint density at radius 1 is 0.938 bits per heavy atom. The molecule has 0 atom stereocenters. The molecule has 0 spiro atoms. The topological polar surface area (TPSA) is 12.9 Å². The van der Waals surface area contributed by atoms with Gasteiger partial charge >= 0.3 is 0 Å². The third-order valence-electron chi connectivity index (χ3n) is 2.61. The van der Waals surface area contributed by atoms with Gasteiger partial charge in [-0.3, -0.25) is 0 Å². The molecule has 1 aromatic heterocycles. The average molecular weight is 203 g/mol. The van der Waals surface area contributed by atoms with Crippen LogP contribution in [-0.4, -0.2) is 4.98 Å². The maximum Gasteiger partial charge on any atom is 0.0900 e. The fraction of sp³-hybridized carbons (Fsp3) is 0. The Morgan fingerprint density at radius 3 is 2.69 bits per heavy atom. The first-order valence-corrected chi connectivity index (χ1v) is 5.17. The molecule has 16 heavy (non-hydrogen) atoms. The molecule has 0 aliphatic heterocycles. The van der Waals surface area contributed by atoms with Crippen LogP contribution in [-0.2, 0) is 0 Å². The number of benzene rings is 2. The Bertz CT molecular complexity index is 609. The van der Waals surface area contributed by atoms with E-state index in [1.54, 1.807) is 0 Å². The van der Waals surface area contributed by atoms with Crippen LogP contribution in [0.5, 0.6) is 0 Å². The molecule has 0 saturated heterocycles. The minimum absolute atomic E-state index is 0.958. The van der Waals surface area contributed by atoms with E-state index in [2.05, 4.69) is 29.4 Å². The summed E-state index contributed by atoms with van der Waals surface area (Å²) in [7, 11) is 0. The molecule has 0 saturated carbocycles. The first-order chi connectivity index (χ1) is 7.95. The van der Waals surface area contributed by atoms with Crippen molar-refractivity contribution in [1.29, 1.82) is 0 Å². The van der Waals surface area contributed by atoms with Gasteiger partial charge in [-0.1, -0.05) is 36.4 Å². The first-order valence-electron chi connectivity index (χ1n) is 5.17. The summed E-state index contributed by atoms with van der Waals surface area (Å²) in [5, 5.41) is 1.12. The minimum atomic E-state index is 0.958. The van der Waals surface area contributed by atoms with Crippen LogP contribution in [0.1, 0.15) is 0 Å². The standard InChI is InChI=1S/C15H9N/c1-2-6-12(7-3-1)13-10-11-16-15-9-5-4-8-14(13)15/h1-3,5-10H. The van der Waals surface area contributed by atoms with Gasteiger partial charge in [-0.2, -0.15) is 0 Å². The van der Waals surface area contributed by atoms with E-state index >= 15 is 0 Å². The van der Waals surface area contributed by atoms with E-state index in [4.69, 9.17) is 0 Å². The molecular weight excluding hydrogens is 194 g/mol. The molecule has 0 aliphatic carbocycles. The first kappa shape index (κ1) is 9.10. The molecule has 74 valence electrons. The molecule has 1 heterocycles.